The number of allylic oxidation sites excluding steroid dienone is 1. The Balaban J connectivity index is 2.09. The Kier molecular flexibility index (Phi) is 4.89. The number of esters is 1. The zero-order valence-electron chi connectivity index (χ0n) is 15.4. The third kappa shape index (κ3) is 3.01. The van der Waals surface area contributed by atoms with Crippen LogP contribution in [0.2, 0.25) is 0 Å². The molecule has 1 heterocycles. The fourth-order valence-electron chi connectivity index (χ4n) is 3.28. The van der Waals surface area contributed by atoms with Gasteiger partial charge in [-0.15, -0.1) is 0 Å². The smallest absolute Gasteiger partial charge is 0.337 e. The van der Waals surface area contributed by atoms with Crippen LogP contribution in [0.3, 0.4) is 0 Å². The van der Waals surface area contributed by atoms with Crippen molar-refractivity contribution in [3.05, 3.63) is 71.0 Å². The van der Waals surface area contributed by atoms with Gasteiger partial charge in [0.1, 0.15) is 17.3 Å². The molecule has 26 heavy (non-hydrogen) atoms. The van der Waals surface area contributed by atoms with Crippen LogP contribution in [0, 0.1) is 0 Å². The van der Waals surface area contributed by atoms with Gasteiger partial charge in [-0.3, -0.25) is 0 Å². The first-order valence-corrected chi connectivity index (χ1v) is 8.30. The van der Waals surface area contributed by atoms with Gasteiger partial charge in [-0.05, 0) is 31.2 Å². The number of hydrogen-bond donors (Lipinski definition) is 0. The van der Waals surface area contributed by atoms with Gasteiger partial charge in [-0.25, -0.2) is 4.79 Å². The number of rotatable bonds is 5. The van der Waals surface area contributed by atoms with Crippen LogP contribution in [0.5, 0.6) is 11.5 Å². The van der Waals surface area contributed by atoms with Crippen LogP contribution in [0.4, 0.5) is 0 Å². The second-order valence-electron chi connectivity index (χ2n) is 6.09. The average molecular weight is 354 g/mol. The van der Waals surface area contributed by atoms with E-state index in [1.54, 1.807) is 21.1 Å². The minimum absolute atomic E-state index is 0.369. The van der Waals surface area contributed by atoms with Crippen molar-refractivity contribution in [1.29, 1.82) is 0 Å². The predicted molar refractivity (Wildman–Crippen MR) is 97.2 cm³/mol. The van der Waals surface area contributed by atoms with Crippen LogP contribution < -0.4 is 9.47 Å². The molecule has 0 fully saturated rings. The van der Waals surface area contributed by atoms with Crippen molar-refractivity contribution in [3.8, 4) is 11.5 Å². The number of carbonyl (C=O) groups excluding carboxylic acids is 1. The summed E-state index contributed by atoms with van der Waals surface area (Å²) in [6, 6.07) is 15.4. The SMILES string of the molecule is COC(=O)C1=C(C)OC(c2ccc(OC)cc2)(c2ccc(OC)cc2)C1. The zero-order chi connectivity index (χ0) is 18.7. The van der Waals surface area contributed by atoms with Crippen LogP contribution in [0.15, 0.2) is 59.9 Å². The minimum Gasteiger partial charge on any atom is -0.497 e. The van der Waals surface area contributed by atoms with Gasteiger partial charge >= 0.3 is 5.97 Å². The minimum atomic E-state index is -0.799. The molecule has 0 radical (unpaired) electrons. The summed E-state index contributed by atoms with van der Waals surface area (Å²) < 4.78 is 21.7. The van der Waals surface area contributed by atoms with Crippen molar-refractivity contribution >= 4 is 5.97 Å². The Morgan fingerprint density at radius 1 is 0.885 bits per heavy atom. The molecule has 0 N–H and O–H groups in total. The van der Waals surface area contributed by atoms with Crippen molar-refractivity contribution < 1.29 is 23.7 Å². The fourth-order valence-corrected chi connectivity index (χ4v) is 3.28. The average Bonchev–Trinajstić information content (AvgIpc) is 3.06. The monoisotopic (exact) mass is 354 g/mol. The van der Waals surface area contributed by atoms with Crippen molar-refractivity contribution in [2.75, 3.05) is 21.3 Å². The van der Waals surface area contributed by atoms with Gasteiger partial charge in [0, 0.05) is 17.5 Å². The standard InChI is InChI=1S/C21H22O5/c1-14-19(20(22)25-4)13-21(26-14,15-5-9-17(23-2)10-6-15)16-7-11-18(24-3)12-8-16/h5-12H,13H2,1-4H3. The first-order valence-electron chi connectivity index (χ1n) is 8.30. The number of benzene rings is 2. The topological polar surface area (TPSA) is 54.0 Å². The first-order chi connectivity index (χ1) is 12.5. The lowest BCUT2D eigenvalue weighted by molar-refractivity contribution is -0.136. The summed E-state index contributed by atoms with van der Waals surface area (Å²) in [6.07, 6.45) is 0.393. The van der Waals surface area contributed by atoms with E-state index >= 15 is 0 Å². The van der Waals surface area contributed by atoms with Gasteiger partial charge in [-0.1, -0.05) is 24.3 Å². The molecule has 3 rings (SSSR count). The van der Waals surface area contributed by atoms with Gasteiger partial charge in [0.05, 0.1) is 26.9 Å². The summed E-state index contributed by atoms with van der Waals surface area (Å²) in [7, 11) is 4.63. The maximum Gasteiger partial charge on any atom is 0.337 e. The lowest BCUT2D eigenvalue weighted by Gasteiger charge is -2.31. The quantitative estimate of drug-likeness (QED) is 0.764. The van der Waals surface area contributed by atoms with E-state index in [1.165, 1.54) is 7.11 Å². The van der Waals surface area contributed by atoms with Gasteiger partial charge in [0.25, 0.3) is 0 Å². The lowest BCUT2D eigenvalue weighted by Crippen LogP contribution is -2.28. The van der Waals surface area contributed by atoms with Crippen LogP contribution in [0.25, 0.3) is 0 Å². The Bertz CT molecular complexity index is 771. The molecule has 2 aromatic rings. The van der Waals surface area contributed by atoms with E-state index in [4.69, 9.17) is 18.9 Å². The van der Waals surface area contributed by atoms with Crippen molar-refractivity contribution in [3.63, 3.8) is 0 Å². The highest BCUT2D eigenvalue weighted by Crippen LogP contribution is 2.47. The summed E-state index contributed by atoms with van der Waals surface area (Å²) in [4.78, 5) is 12.2. The van der Waals surface area contributed by atoms with Crippen LogP contribution in [-0.4, -0.2) is 27.3 Å². The molecular weight excluding hydrogens is 332 g/mol. The highest BCUT2D eigenvalue weighted by atomic mass is 16.5. The molecule has 5 heteroatoms. The fraction of sp³-hybridized carbons (Fsp3) is 0.286. The third-order valence-corrected chi connectivity index (χ3v) is 4.72. The summed E-state index contributed by atoms with van der Waals surface area (Å²) in [6.45, 7) is 1.79. The molecule has 0 unspecified atom stereocenters. The maximum atomic E-state index is 12.2. The first kappa shape index (κ1) is 17.9. The second-order valence-corrected chi connectivity index (χ2v) is 6.09. The Morgan fingerprint density at radius 3 is 1.73 bits per heavy atom. The van der Waals surface area contributed by atoms with Crippen molar-refractivity contribution in [2.45, 2.75) is 18.9 Å². The third-order valence-electron chi connectivity index (χ3n) is 4.72. The highest BCUT2D eigenvalue weighted by molar-refractivity contribution is 5.90. The zero-order valence-corrected chi connectivity index (χ0v) is 15.4. The Hall–Kier alpha value is -2.95. The molecule has 5 nitrogen and oxygen atoms in total. The summed E-state index contributed by atoms with van der Waals surface area (Å²) in [5, 5.41) is 0. The van der Waals surface area contributed by atoms with E-state index in [9.17, 15) is 4.79 Å². The normalized spacial score (nSPS) is 15.4. The molecule has 1 aliphatic rings. The van der Waals surface area contributed by atoms with Gasteiger partial charge in [0.15, 0.2) is 5.60 Å². The molecule has 0 amide bonds. The number of carbonyl (C=O) groups is 1. The van der Waals surface area contributed by atoms with Gasteiger partial charge in [0.2, 0.25) is 0 Å². The molecule has 0 saturated carbocycles. The maximum absolute atomic E-state index is 12.2. The lowest BCUT2D eigenvalue weighted by atomic mass is 9.82. The number of methoxy groups -OCH3 is 3. The highest BCUT2D eigenvalue weighted by Gasteiger charge is 2.45. The number of ether oxygens (including phenoxy) is 4. The molecule has 136 valence electrons. The van der Waals surface area contributed by atoms with Crippen LogP contribution >= 0.6 is 0 Å². The van der Waals surface area contributed by atoms with E-state index in [0.29, 0.717) is 17.8 Å². The predicted octanol–water partition coefficient (Wildman–Crippen LogP) is 3.81. The second kappa shape index (κ2) is 7.12. The summed E-state index contributed by atoms with van der Waals surface area (Å²) >= 11 is 0. The van der Waals surface area contributed by atoms with Crippen molar-refractivity contribution in [1.82, 2.24) is 0 Å². The molecule has 2 aromatic carbocycles. The largest absolute Gasteiger partial charge is 0.497 e. The molecule has 0 aromatic heterocycles. The molecule has 0 atom stereocenters. The van der Waals surface area contributed by atoms with Gasteiger partial charge in [-0.2, -0.15) is 0 Å². The number of hydrogen-bond acceptors (Lipinski definition) is 5. The summed E-state index contributed by atoms with van der Waals surface area (Å²) in [5.74, 6) is 1.72. The molecule has 0 aliphatic carbocycles. The van der Waals surface area contributed by atoms with E-state index in [2.05, 4.69) is 0 Å². The Labute approximate surface area is 153 Å². The van der Waals surface area contributed by atoms with Crippen molar-refractivity contribution in [2.24, 2.45) is 0 Å². The molecular formula is C21H22O5. The summed E-state index contributed by atoms with van der Waals surface area (Å²) in [5.41, 5.74) is 1.61. The van der Waals surface area contributed by atoms with Crippen LogP contribution in [0.1, 0.15) is 24.5 Å². The van der Waals surface area contributed by atoms with E-state index in [1.807, 2.05) is 48.5 Å². The van der Waals surface area contributed by atoms with E-state index in [0.717, 1.165) is 22.6 Å². The molecule has 0 saturated heterocycles. The Morgan fingerprint density at radius 2 is 1.35 bits per heavy atom. The van der Waals surface area contributed by atoms with Crippen LogP contribution in [-0.2, 0) is 19.9 Å². The van der Waals surface area contributed by atoms with E-state index < -0.39 is 5.60 Å². The molecule has 0 bridgehead atoms. The molecule has 1 aliphatic heterocycles. The molecule has 0 spiro atoms. The van der Waals surface area contributed by atoms with E-state index in [-0.39, 0.29) is 5.97 Å². The van der Waals surface area contributed by atoms with Gasteiger partial charge < -0.3 is 18.9 Å².